The molecule has 1 aromatic heterocycles. The fourth-order valence-corrected chi connectivity index (χ4v) is 2.30. The summed E-state index contributed by atoms with van der Waals surface area (Å²) < 4.78 is 5.30. The van der Waals surface area contributed by atoms with E-state index >= 15 is 0 Å². The van der Waals surface area contributed by atoms with Crippen LogP contribution in [0.3, 0.4) is 0 Å². The Balaban J connectivity index is 1.90. The largest absolute Gasteiger partial charge is 0.464 e. The van der Waals surface area contributed by atoms with Gasteiger partial charge in [0.15, 0.2) is 5.75 Å². The molecule has 0 amide bonds. The van der Waals surface area contributed by atoms with Crippen LogP contribution in [-0.4, -0.2) is 10.6 Å². The van der Waals surface area contributed by atoms with Gasteiger partial charge in [-0.15, -0.1) is 0 Å². The normalized spacial score (nSPS) is 11.4. The fourth-order valence-electron chi connectivity index (χ4n) is 2.30. The van der Waals surface area contributed by atoms with Crippen molar-refractivity contribution in [1.29, 1.82) is 0 Å². The second-order valence-electron chi connectivity index (χ2n) is 5.58. The second kappa shape index (κ2) is 7.00. The molecule has 126 valence electrons. The van der Waals surface area contributed by atoms with Crippen molar-refractivity contribution >= 4 is 11.4 Å². The van der Waals surface area contributed by atoms with Gasteiger partial charge < -0.3 is 9.25 Å². The van der Waals surface area contributed by atoms with Gasteiger partial charge in [-0.1, -0.05) is 35.0 Å². The van der Waals surface area contributed by atoms with Gasteiger partial charge in [0.25, 0.3) is 5.69 Å². The van der Waals surface area contributed by atoms with E-state index in [9.17, 15) is 10.1 Å². The molecule has 0 aliphatic rings. The molecule has 0 aliphatic heterocycles. The number of rotatable bonds is 5. The number of hydrogen-bond donors (Lipinski definition) is 0. The van der Waals surface area contributed by atoms with Crippen LogP contribution in [0.1, 0.15) is 18.1 Å². The van der Waals surface area contributed by atoms with Crippen molar-refractivity contribution in [3.8, 4) is 17.1 Å². The van der Waals surface area contributed by atoms with Gasteiger partial charge in [0.2, 0.25) is 0 Å². The van der Waals surface area contributed by atoms with Crippen molar-refractivity contribution in [2.45, 2.75) is 13.8 Å². The van der Waals surface area contributed by atoms with Gasteiger partial charge in [0, 0.05) is 11.6 Å². The maximum absolute atomic E-state index is 11.2. The highest BCUT2D eigenvalue weighted by Crippen LogP contribution is 2.30. The minimum Gasteiger partial charge on any atom is -0.464 e. The number of furan rings is 1. The summed E-state index contributed by atoms with van der Waals surface area (Å²) in [4.78, 5) is 16.1. The van der Waals surface area contributed by atoms with E-state index in [1.54, 1.807) is 18.2 Å². The maximum Gasteiger partial charge on any atom is 0.273 e. The first-order valence-electron chi connectivity index (χ1n) is 7.65. The number of non-ortho nitro benzene ring substituents is 1. The maximum atomic E-state index is 11.2. The van der Waals surface area contributed by atoms with E-state index in [4.69, 9.17) is 9.25 Å². The van der Waals surface area contributed by atoms with E-state index in [0.717, 1.165) is 11.1 Å². The van der Waals surface area contributed by atoms with Crippen LogP contribution in [0.15, 0.2) is 70.4 Å². The summed E-state index contributed by atoms with van der Waals surface area (Å²) in [7, 11) is 0. The Bertz CT molecular complexity index is 913. The summed E-state index contributed by atoms with van der Waals surface area (Å²) in [5, 5.41) is 15.2. The number of nitro groups is 1. The zero-order valence-electron chi connectivity index (χ0n) is 13.8. The Labute approximate surface area is 144 Å². The molecule has 6 nitrogen and oxygen atoms in total. The van der Waals surface area contributed by atoms with Crippen LogP contribution < -0.4 is 4.84 Å². The molecule has 2 aromatic carbocycles. The second-order valence-corrected chi connectivity index (χ2v) is 5.58. The van der Waals surface area contributed by atoms with Crippen molar-refractivity contribution in [3.05, 3.63) is 82.1 Å². The molecule has 0 N–H and O–H groups in total. The molecular weight excluding hydrogens is 320 g/mol. The minimum atomic E-state index is -0.476. The highest BCUT2D eigenvalue weighted by atomic mass is 16.6. The van der Waals surface area contributed by atoms with E-state index in [1.165, 1.54) is 18.4 Å². The van der Waals surface area contributed by atoms with E-state index in [0.29, 0.717) is 17.0 Å². The summed E-state index contributed by atoms with van der Waals surface area (Å²) in [5.41, 5.74) is 3.21. The molecule has 0 aliphatic carbocycles. The number of nitro benzene ring substituents is 1. The lowest BCUT2D eigenvalue weighted by Crippen LogP contribution is -1.98. The van der Waals surface area contributed by atoms with Crippen LogP contribution in [0.5, 0.6) is 5.75 Å². The first kappa shape index (κ1) is 16.4. The smallest absolute Gasteiger partial charge is 0.273 e. The van der Waals surface area contributed by atoms with Crippen molar-refractivity contribution in [2.24, 2.45) is 5.16 Å². The SMILES string of the molecule is CC(=NOc1cc(-c2ccco2)cc([N+](=O)[O-])c1)c1ccc(C)cc1. The van der Waals surface area contributed by atoms with Gasteiger partial charge in [-0.3, -0.25) is 10.1 Å². The molecule has 0 bridgehead atoms. The predicted molar refractivity (Wildman–Crippen MR) is 94.8 cm³/mol. The topological polar surface area (TPSA) is 77.9 Å². The highest BCUT2D eigenvalue weighted by Gasteiger charge is 2.13. The van der Waals surface area contributed by atoms with Crippen LogP contribution in [0.25, 0.3) is 11.3 Å². The molecule has 0 spiro atoms. The molecule has 0 saturated heterocycles. The average Bonchev–Trinajstić information content (AvgIpc) is 3.14. The van der Waals surface area contributed by atoms with Gasteiger partial charge in [-0.05, 0) is 37.6 Å². The predicted octanol–water partition coefficient (Wildman–Crippen LogP) is 4.97. The van der Waals surface area contributed by atoms with E-state index < -0.39 is 4.92 Å². The van der Waals surface area contributed by atoms with E-state index in [-0.39, 0.29) is 11.4 Å². The summed E-state index contributed by atoms with van der Waals surface area (Å²) in [6.45, 7) is 3.82. The first-order valence-corrected chi connectivity index (χ1v) is 7.65. The summed E-state index contributed by atoms with van der Waals surface area (Å²) in [6, 6.07) is 15.7. The van der Waals surface area contributed by atoms with Gasteiger partial charge in [-0.25, -0.2) is 0 Å². The molecule has 0 atom stereocenters. The first-order chi connectivity index (χ1) is 12.0. The van der Waals surface area contributed by atoms with Crippen molar-refractivity contribution in [1.82, 2.24) is 0 Å². The Morgan fingerprint density at radius 2 is 1.92 bits per heavy atom. The molecule has 6 heteroatoms. The fraction of sp³-hybridized carbons (Fsp3) is 0.105. The van der Waals surface area contributed by atoms with E-state index in [1.807, 2.05) is 38.1 Å². The van der Waals surface area contributed by atoms with Crippen molar-refractivity contribution in [2.75, 3.05) is 0 Å². The average molecular weight is 336 g/mol. The van der Waals surface area contributed by atoms with Gasteiger partial charge in [-0.2, -0.15) is 0 Å². The van der Waals surface area contributed by atoms with Gasteiger partial charge in [0.05, 0.1) is 23.0 Å². The minimum absolute atomic E-state index is 0.0907. The summed E-state index contributed by atoms with van der Waals surface area (Å²) in [5.74, 6) is 0.792. The van der Waals surface area contributed by atoms with Crippen LogP contribution >= 0.6 is 0 Å². The quantitative estimate of drug-likeness (QED) is 0.374. The Hall–Kier alpha value is -3.41. The lowest BCUT2D eigenvalue weighted by Gasteiger charge is -2.05. The summed E-state index contributed by atoms with van der Waals surface area (Å²) in [6.07, 6.45) is 1.51. The monoisotopic (exact) mass is 336 g/mol. The lowest BCUT2D eigenvalue weighted by molar-refractivity contribution is -0.384. The number of aryl methyl sites for hydroxylation is 1. The van der Waals surface area contributed by atoms with Crippen LogP contribution in [0.2, 0.25) is 0 Å². The molecular formula is C19H16N2O4. The third-order valence-electron chi connectivity index (χ3n) is 3.67. The lowest BCUT2D eigenvalue weighted by atomic mass is 10.1. The third-order valence-corrected chi connectivity index (χ3v) is 3.67. The number of nitrogens with zero attached hydrogens (tertiary/aromatic N) is 2. The Kier molecular flexibility index (Phi) is 4.61. The molecule has 1 heterocycles. The van der Waals surface area contributed by atoms with Crippen molar-refractivity contribution in [3.63, 3.8) is 0 Å². The van der Waals surface area contributed by atoms with Gasteiger partial charge in [0.1, 0.15) is 5.76 Å². The van der Waals surface area contributed by atoms with Gasteiger partial charge >= 0.3 is 0 Å². The molecule has 0 fully saturated rings. The molecule has 3 aromatic rings. The van der Waals surface area contributed by atoms with Crippen LogP contribution in [-0.2, 0) is 0 Å². The standard InChI is InChI=1S/C19H16N2O4/c1-13-5-7-15(8-6-13)14(2)20-25-18-11-16(19-4-3-9-24-19)10-17(12-18)21(22)23/h3-12H,1-2H3. The molecule has 3 rings (SSSR count). The Morgan fingerprint density at radius 1 is 1.16 bits per heavy atom. The number of benzene rings is 2. The van der Waals surface area contributed by atoms with Crippen LogP contribution in [0.4, 0.5) is 5.69 Å². The molecule has 0 saturated carbocycles. The number of oxime groups is 1. The van der Waals surface area contributed by atoms with E-state index in [2.05, 4.69) is 5.16 Å². The Morgan fingerprint density at radius 3 is 2.56 bits per heavy atom. The zero-order valence-corrected chi connectivity index (χ0v) is 13.8. The molecule has 0 radical (unpaired) electrons. The van der Waals surface area contributed by atoms with Crippen LogP contribution in [0, 0.1) is 17.0 Å². The molecule has 25 heavy (non-hydrogen) atoms. The zero-order chi connectivity index (χ0) is 17.8. The van der Waals surface area contributed by atoms with Crippen molar-refractivity contribution < 1.29 is 14.2 Å². The summed E-state index contributed by atoms with van der Waals surface area (Å²) >= 11 is 0. The molecule has 0 unspecified atom stereocenters. The third kappa shape index (κ3) is 3.92. The number of hydrogen-bond acceptors (Lipinski definition) is 5. The highest BCUT2D eigenvalue weighted by molar-refractivity contribution is 5.98.